The fourth-order valence-corrected chi connectivity index (χ4v) is 1.51. The molecule has 0 aliphatic heterocycles. The lowest BCUT2D eigenvalue weighted by atomic mass is 10.3. The predicted octanol–water partition coefficient (Wildman–Crippen LogP) is 1.03. The van der Waals surface area contributed by atoms with Crippen LogP contribution in [0, 0.1) is 6.92 Å². The zero-order chi connectivity index (χ0) is 14.5. The minimum atomic E-state index is -0.203. The minimum absolute atomic E-state index is 0.189. The summed E-state index contributed by atoms with van der Waals surface area (Å²) in [5.74, 6) is 7.13. The Hall–Kier alpha value is -2.42. The molecule has 0 bridgehead atoms. The highest BCUT2D eigenvalue weighted by Crippen LogP contribution is 2.18. The Morgan fingerprint density at radius 1 is 1.35 bits per heavy atom. The van der Waals surface area contributed by atoms with Crippen molar-refractivity contribution in [3.05, 3.63) is 17.8 Å². The largest absolute Gasteiger partial charge is 0.464 e. The molecule has 2 heterocycles. The van der Waals surface area contributed by atoms with Crippen LogP contribution in [0.1, 0.15) is 31.5 Å². The molecule has 0 amide bonds. The van der Waals surface area contributed by atoms with Crippen molar-refractivity contribution in [2.45, 2.75) is 26.8 Å². The predicted molar refractivity (Wildman–Crippen MR) is 72.1 cm³/mol. The number of ether oxygens (including phenoxy) is 1. The Kier molecular flexibility index (Phi) is 4.31. The van der Waals surface area contributed by atoms with Gasteiger partial charge in [-0.15, -0.1) is 0 Å². The number of nitrogens with zero attached hydrogens (tertiary/aromatic N) is 4. The van der Waals surface area contributed by atoms with E-state index in [9.17, 15) is 0 Å². The third-order valence-electron chi connectivity index (χ3n) is 2.37. The van der Waals surface area contributed by atoms with Crippen molar-refractivity contribution >= 4 is 11.9 Å². The van der Waals surface area contributed by atoms with Gasteiger partial charge in [0.25, 0.3) is 0 Å². The Balaban J connectivity index is 2.17. The van der Waals surface area contributed by atoms with Crippen molar-refractivity contribution in [2.24, 2.45) is 5.84 Å². The van der Waals surface area contributed by atoms with Crippen LogP contribution in [0.5, 0.6) is 6.01 Å². The number of hydrazine groups is 1. The standard InChI is InChI=1S/C11H17N7O2/c1-4-19-11-16-9(15-10(17-11)18-12)14-7(3)8-13-5-6(2)20-8/h5,7H,4,12H2,1-3H3,(H2,14,15,16,17,18). The molecule has 0 saturated carbocycles. The molecule has 0 saturated heterocycles. The van der Waals surface area contributed by atoms with Crippen LogP contribution < -0.4 is 21.3 Å². The number of nitrogens with one attached hydrogen (secondary N) is 2. The number of hydrogen-bond donors (Lipinski definition) is 3. The molecule has 2 aromatic heterocycles. The van der Waals surface area contributed by atoms with E-state index in [1.54, 1.807) is 6.20 Å². The molecular weight excluding hydrogens is 262 g/mol. The van der Waals surface area contributed by atoms with Gasteiger partial charge in [-0.05, 0) is 20.8 Å². The molecule has 9 heteroatoms. The Bertz CT molecular complexity index is 572. The van der Waals surface area contributed by atoms with Crippen molar-refractivity contribution in [1.82, 2.24) is 19.9 Å². The first-order valence-corrected chi connectivity index (χ1v) is 6.16. The molecule has 4 N–H and O–H groups in total. The van der Waals surface area contributed by atoms with Gasteiger partial charge in [0.15, 0.2) is 0 Å². The Labute approximate surface area is 116 Å². The van der Waals surface area contributed by atoms with E-state index in [-0.39, 0.29) is 18.0 Å². The summed E-state index contributed by atoms with van der Waals surface area (Å²) in [7, 11) is 0. The molecule has 0 spiro atoms. The summed E-state index contributed by atoms with van der Waals surface area (Å²) in [6, 6.07) is -0.0139. The maximum absolute atomic E-state index is 5.44. The van der Waals surface area contributed by atoms with E-state index in [1.807, 2.05) is 20.8 Å². The van der Waals surface area contributed by atoms with Crippen LogP contribution in [0.15, 0.2) is 10.6 Å². The number of nitrogen functional groups attached to an aromatic ring is 1. The molecule has 108 valence electrons. The highest BCUT2D eigenvalue weighted by molar-refractivity contribution is 5.36. The van der Waals surface area contributed by atoms with E-state index in [0.717, 1.165) is 5.76 Å². The SMILES string of the molecule is CCOc1nc(NN)nc(NC(C)c2ncc(C)o2)n1. The highest BCUT2D eigenvalue weighted by Gasteiger charge is 2.14. The number of hydrogen-bond acceptors (Lipinski definition) is 9. The van der Waals surface area contributed by atoms with Gasteiger partial charge in [0.2, 0.25) is 17.8 Å². The van der Waals surface area contributed by atoms with Crippen LogP contribution in [-0.4, -0.2) is 26.5 Å². The summed E-state index contributed by atoms with van der Waals surface area (Å²) < 4.78 is 10.7. The quantitative estimate of drug-likeness (QED) is 0.525. The van der Waals surface area contributed by atoms with Crippen LogP contribution in [0.3, 0.4) is 0 Å². The van der Waals surface area contributed by atoms with Crippen LogP contribution >= 0.6 is 0 Å². The molecule has 2 rings (SSSR count). The third kappa shape index (κ3) is 3.32. The van der Waals surface area contributed by atoms with Gasteiger partial charge in [-0.2, -0.15) is 15.0 Å². The van der Waals surface area contributed by atoms with Gasteiger partial charge in [-0.1, -0.05) is 0 Å². The second kappa shape index (κ2) is 6.15. The molecule has 1 unspecified atom stereocenters. The number of oxazole rings is 1. The van der Waals surface area contributed by atoms with Crippen LogP contribution in [0.25, 0.3) is 0 Å². The van der Waals surface area contributed by atoms with Crippen molar-refractivity contribution in [3.8, 4) is 6.01 Å². The highest BCUT2D eigenvalue weighted by atomic mass is 16.5. The normalized spacial score (nSPS) is 12.0. The summed E-state index contributed by atoms with van der Waals surface area (Å²) in [6.45, 7) is 5.99. The average molecular weight is 279 g/mol. The summed E-state index contributed by atoms with van der Waals surface area (Å²) >= 11 is 0. The number of anilines is 2. The lowest BCUT2D eigenvalue weighted by molar-refractivity contribution is 0.312. The average Bonchev–Trinajstić information content (AvgIpc) is 2.85. The molecule has 2 aromatic rings. The van der Waals surface area contributed by atoms with E-state index in [4.69, 9.17) is 15.0 Å². The van der Waals surface area contributed by atoms with E-state index in [2.05, 4.69) is 30.7 Å². The molecule has 0 fully saturated rings. The second-order valence-electron chi connectivity index (χ2n) is 4.02. The van der Waals surface area contributed by atoms with Gasteiger partial charge in [0.05, 0.1) is 12.8 Å². The molecule has 1 atom stereocenters. The minimum Gasteiger partial charge on any atom is -0.464 e. The van der Waals surface area contributed by atoms with E-state index in [1.165, 1.54) is 0 Å². The number of aromatic nitrogens is 4. The molecule has 0 radical (unpaired) electrons. The van der Waals surface area contributed by atoms with E-state index in [0.29, 0.717) is 18.4 Å². The van der Waals surface area contributed by atoms with E-state index >= 15 is 0 Å². The monoisotopic (exact) mass is 279 g/mol. The summed E-state index contributed by atoms with van der Waals surface area (Å²) in [4.78, 5) is 16.3. The first kappa shape index (κ1) is 14.0. The van der Waals surface area contributed by atoms with Gasteiger partial charge in [-0.3, -0.25) is 5.43 Å². The molecule has 9 nitrogen and oxygen atoms in total. The Morgan fingerprint density at radius 3 is 2.70 bits per heavy atom. The number of aryl methyl sites for hydroxylation is 1. The molecule has 0 aromatic carbocycles. The lowest BCUT2D eigenvalue weighted by Gasteiger charge is -2.11. The Morgan fingerprint density at radius 2 is 2.10 bits per heavy atom. The maximum atomic E-state index is 5.44. The molecular formula is C11H17N7O2. The maximum Gasteiger partial charge on any atom is 0.323 e. The van der Waals surface area contributed by atoms with Gasteiger partial charge in [-0.25, -0.2) is 10.8 Å². The zero-order valence-electron chi connectivity index (χ0n) is 11.5. The van der Waals surface area contributed by atoms with Crippen molar-refractivity contribution < 1.29 is 9.15 Å². The summed E-state index contributed by atoms with van der Waals surface area (Å²) in [5.41, 5.74) is 2.36. The van der Waals surface area contributed by atoms with Gasteiger partial charge in [0, 0.05) is 0 Å². The first-order chi connectivity index (χ1) is 9.62. The second-order valence-corrected chi connectivity index (χ2v) is 4.02. The first-order valence-electron chi connectivity index (χ1n) is 6.16. The molecule has 0 aliphatic carbocycles. The smallest absolute Gasteiger partial charge is 0.323 e. The molecule has 0 aliphatic rings. The zero-order valence-corrected chi connectivity index (χ0v) is 11.5. The van der Waals surface area contributed by atoms with Crippen molar-refractivity contribution in [2.75, 3.05) is 17.3 Å². The fraction of sp³-hybridized carbons (Fsp3) is 0.455. The summed E-state index contributed by atoms with van der Waals surface area (Å²) in [6.07, 6.45) is 1.65. The van der Waals surface area contributed by atoms with Crippen LogP contribution in [-0.2, 0) is 0 Å². The molecule has 20 heavy (non-hydrogen) atoms. The number of nitrogens with two attached hydrogens (primary N) is 1. The number of rotatable bonds is 6. The summed E-state index contributed by atoms with van der Waals surface area (Å²) in [5, 5.41) is 3.05. The van der Waals surface area contributed by atoms with E-state index < -0.39 is 0 Å². The topological polar surface area (TPSA) is 124 Å². The lowest BCUT2D eigenvalue weighted by Crippen LogP contribution is -2.16. The fourth-order valence-electron chi connectivity index (χ4n) is 1.51. The van der Waals surface area contributed by atoms with Crippen LogP contribution in [0.4, 0.5) is 11.9 Å². The van der Waals surface area contributed by atoms with Gasteiger partial charge < -0.3 is 14.5 Å². The third-order valence-corrected chi connectivity index (χ3v) is 2.37. The van der Waals surface area contributed by atoms with Gasteiger partial charge >= 0.3 is 6.01 Å². The van der Waals surface area contributed by atoms with Crippen LogP contribution in [0.2, 0.25) is 0 Å². The van der Waals surface area contributed by atoms with Gasteiger partial charge in [0.1, 0.15) is 11.8 Å². The van der Waals surface area contributed by atoms with Crippen molar-refractivity contribution in [3.63, 3.8) is 0 Å². The van der Waals surface area contributed by atoms with Crippen molar-refractivity contribution in [1.29, 1.82) is 0 Å².